The first-order chi connectivity index (χ1) is 9.67. The van der Waals surface area contributed by atoms with E-state index >= 15 is 0 Å². The van der Waals surface area contributed by atoms with Crippen LogP contribution in [-0.2, 0) is 6.42 Å². The van der Waals surface area contributed by atoms with Crippen LogP contribution in [-0.4, -0.2) is 0 Å². The van der Waals surface area contributed by atoms with Crippen molar-refractivity contribution < 1.29 is 8.78 Å². The molecule has 0 spiro atoms. The zero-order chi connectivity index (χ0) is 14.1. The van der Waals surface area contributed by atoms with Gasteiger partial charge in [-0.05, 0) is 67.2 Å². The molecule has 0 bridgehead atoms. The van der Waals surface area contributed by atoms with Crippen LogP contribution in [0.15, 0.2) is 17.7 Å². The second kappa shape index (κ2) is 5.67. The molecule has 108 valence electrons. The van der Waals surface area contributed by atoms with Gasteiger partial charge in [-0.15, -0.1) is 0 Å². The summed E-state index contributed by atoms with van der Waals surface area (Å²) in [5, 5.41) is 0. The van der Waals surface area contributed by atoms with Crippen LogP contribution in [0.25, 0.3) is 6.08 Å². The lowest BCUT2D eigenvalue weighted by atomic mass is 9.76. The van der Waals surface area contributed by atoms with Crippen LogP contribution >= 0.6 is 0 Å². The highest BCUT2D eigenvalue weighted by Gasteiger charge is 2.26. The molecule has 0 aliphatic heterocycles. The SMILES string of the molecule is CCCC1CCC(C2=Cc3cc(F)c(F)cc3C2)CC1. The summed E-state index contributed by atoms with van der Waals surface area (Å²) in [6, 6.07) is 2.72. The number of allylic oxidation sites excluding steroid dienone is 1. The Balaban J connectivity index is 1.68. The topological polar surface area (TPSA) is 0 Å². The standard InChI is InChI=1S/C18H22F2/c1-2-3-12-4-6-13(7-5-12)14-8-15-10-17(19)18(20)11-16(15)9-14/h8,10-13H,2-7,9H2,1H3. The summed E-state index contributed by atoms with van der Waals surface area (Å²) in [6.45, 7) is 2.26. The van der Waals surface area contributed by atoms with Gasteiger partial charge in [-0.1, -0.05) is 31.4 Å². The molecule has 0 amide bonds. The molecule has 0 aromatic heterocycles. The van der Waals surface area contributed by atoms with Crippen molar-refractivity contribution in [3.8, 4) is 0 Å². The molecular formula is C18H22F2. The van der Waals surface area contributed by atoms with Gasteiger partial charge < -0.3 is 0 Å². The van der Waals surface area contributed by atoms with Gasteiger partial charge in [0.25, 0.3) is 0 Å². The first kappa shape index (κ1) is 13.8. The number of hydrogen-bond acceptors (Lipinski definition) is 0. The van der Waals surface area contributed by atoms with E-state index in [1.807, 2.05) is 0 Å². The summed E-state index contributed by atoms with van der Waals surface area (Å²) in [4.78, 5) is 0. The molecule has 0 nitrogen and oxygen atoms in total. The van der Waals surface area contributed by atoms with E-state index in [1.54, 1.807) is 0 Å². The largest absolute Gasteiger partial charge is 0.204 e. The minimum atomic E-state index is -0.729. The van der Waals surface area contributed by atoms with E-state index in [0.717, 1.165) is 23.5 Å². The van der Waals surface area contributed by atoms with E-state index < -0.39 is 11.6 Å². The van der Waals surface area contributed by atoms with Crippen molar-refractivity contribution >= 4 is 6.08 Å². The molecule has 1 saturated carbocycles. The maximum absolute atomic E-state index is 13.3. The van der Waals surface area contributed by atoms with Crippen LogP contribution in [0.4, 0.5) is 8.78 Å². The number of fused-ring (bicyclic) bond motifs is 1. The van der Waals surface area contributed by atoms with Crippen molar-refractivity contribution in [2.45, 2.75) is 51.9 Å². The van der Waals surface area contributed by atoms with Crippen LogP contribution in [0.2, 0.25) is 0 Å². The quantitative estimate of drug-likeness (QED) is 0.682. The summed E-state index contributed by atoms with van der Waals surface area (Å²) in [5.41, 5.74) is 3.23. The molecule has 20 heavy (non-hydrogen) atoms. The highest BCUT2D eigenvalue weighted by molar-refractivity contribution is 5.64. The van der Waals surface area contributed by atoms with Gasteiger partial charge in [0.2, 0.25) is 0 Å². The number of rotatable bonds is 3. The molecule has 2 aliphatic carbocycles. The maximum Gasteiger partial charge on any atom is 0.159 e. The lowest BCUT2D eigenvalue weighted by Crippen LogP contribution is -2.16. The smallest absolute Gasteiger partial charge is 0.159 e. The molecule has 0 N–H and O–H groups in total. The Morgan fingerprint density at radius 1 is 1.05 bits per heavy atom. The third kappa shape index (κ3) is 2.65. The Kier molecular flexibility index (Phi) is 3.91. The molecule has 0 heterocycles. The predicted octanol–water partition coefficient (Wildman–Crippen LogP) is 5.51. The van der Waals surface area contributed by atoms with Crippen molar-refractivity contribution in [2.24, 2.45) is 11.8 Å². The number of halogens is 2. The van der Waals surface area contributed by atoms with E-state index in [0.29, 0.717) is 5.92 Å². The van der Waals surface area contributed by atoms with Gasteiger partial charge in [0, 0.05) is 0 Å². The Labute approximate surface area is 119 Å². The first-order valence-electron chi connectivity index (χ1n) is 7.85. The van der Waals surface area contributed by atoms with E-state index in [2.05, 4.69) is 13.0 Å². The fraction of sp³-hybridized carbons (Fsp3) is 0.556. The van der Waals surface area contributed by atoms with Crippen LogP contribution in [0.1, 0.15) is 56.6 Å². The average Bonchev–Trinajstić information content (AvgIpc) is 2.83. The van der Waals surface area contributed by atoms with E-state index in [1.165, 1.54) is 56.2 Å². The van der Waals surface area contributed by atoms with Crippen molar-refractivity contribution in [1.29, 1.82) is 0 Å². The van der Waals surface area contributed by atoms with Crippen LogP contribution in [0.3, 0.4) is 0 Å². The third-order valence-corrected chi connectivity index (χ3v) is 4.99. The van der Waals surface area contributed by atoms with Crippen LogP contribution in [0.5, 0.6) is 0 Å². The average molecular weight is 276 g/mol. The van der Waals surface area contributed by atoms with Gasteiger partial charge in [0.15, 0.2) is 11.6 Å². The number of hydrogen-bond donors (Lipinski definition) is 0. The molecule has 0 radical (unpaired) electrons. The minimum absolute atomic E-state index is 0.627. The fourth-order valence-electron chi connectivity index (χ4n) is 3.85. The third-order valence-electron chi connectivity index (χ3n) is 4.99. The Morgan fingerprint density at radius 3 is 2.45 bits per heavy atom. The molecule has 2 heteroatoms. The van der Waals surface area contributed by atoms with Gasteiger partial charge >= 0.3 is 0 Å². The molecule has 3 rings (SSSR count). The van der Waals surface area contributed by atoms with Gasteiger partial charge in [-0.3, -0.25) is 0 Å². The predicted molar refractivity (Wildman–Crippen MR) is 78.4 cm³/mol. The molecule has 2 aliphatic rings. The molecular weight excluding hydrogens is 254 g/mol. The van der Waals surface area contributed by atoms with Crippen molar-refractivity contribution in [1.82, 2.24) is 0 Å². The number of benzene rings is 1. The Bertz CT molecular complexity index is 522. The second-order valence-corrected chi connectivity index (χ2v) is 6.37. The molecule has 0 unspecified atom stereocenters. The van der Waals surface area contributed by atoms with Crippen LogP contribution in [0, 0.1) is 23.5 Å². The summed E-state index contributed by atoms with van der Waals surface area (Å²) in [5.74, 6) is 0.0788. The van der Waals surface area contributed by atoms with E-state index in [-0.39, 0.29) is 0 Å². The first-order valence-corrected chi connectivity index (χ1v) is 7.85. The summed E-state index contributed by atoms with van der Waals surface area (Å²) < 4.78 is 26.6. The lowest BCUT2D eigenvalue weighted by Gasteiger charge is -2.29. The Hall–Kier alpha value is -1.18. The van der Waals surface area contributed by atoms with Crippen molar-refractivity contribution in [2.75, 3.05) is 0 Å². The highest BCUT2D eigenvalue weighted by Crippen LogP contribution is 2.40. The van der Waals surface area contributed by atoms with Crippen molar-refractivity contribution in [3.63, 3.8) is 0 Å². The second-order valence-electron chi connectivity index (χ2n) is 6.37. The normalized spacial score (nSPS) is 25.4. The van der Waals surface area contributed by atoms with Gasteiger partial charge in [0.05, 0.1) is 0 Å². The highest BCUT2D eigenvalue weighted by atomic mass is 19.2. The van der Waals surface area contributed by atoms with Crippen LogP contribution < -0.4 is 0 Å². The molecule has 0 atom stereocenters. The summed E-state index contributed by atoms with van der Waals surface area (Å²) in [6.07, 6.45) is 10.7. The summed E-state index contributed by atoms with van der Waals surface area (Å²) in [7, 11) is 0. The zero-order valence-electron chi connectivity index (χ0n) is 12.1. The zero-order valence-corrected chi connectivity index (χ0v) is 12.1. The van der Waals surface area contributed by atoms with Gasteiger partial charge in [0.1, 0.15) is 0 Å². The van der Waals surface area contributed by atoms with E-state index in [4.69, 9.17) is 0 Å². The van der Waals surface area contributed by atoms with Gasteiger partial charge in [-0.25, -0.2) is 8.78 Å². The summed E-state index contributed by atoms with van der Waals surface area (Å²) >= 11 is 0. The molecule has 1 fully saturated rings. The van der Waals surface area contributed by atoms with Gasteiger partial charge in [-0.2, -0.15) is 0 Å². The van der Waals surface area contributed by atoms with Crippen molar-refractivity contribution in [3.05, 3.63) is 40.5 Å². The maximum atomic E-state index is 13.3. The fourth-order valence-corrected chi connectivity index (χ4v) is 3.85. The lowest BCUT2D eigenvalue weighted by molar-refractivity contribution is 0.285. The van der Waals surface area contributed by atoms with E-state index in [9.17, 15) is 8.78 Å². The monoisotopic (exact) mass is 276 g/mol. The Morgan fingerprint density at radius 2 is 1.75 bits per heavy atom. The molecule has 1 aromatic carbocycles. The molecule has 0 saturated heterocycles. The molecule has 1 aromatic rings. The minimum Gasteiger partial charge on any atom is -0.204 e.